The zero-order chi connectivity index (χ0) is 29.7. The van der Waals surface area contributed by atoms with E-state index in [1.165, 1.54) is 11.1 Å². The number of rotatable bonds is 4. The summed E-state index contributed by atoms with van der Waals surface area (Å²) in [7, 11) is 0. The van der Waals surface area contributed by atoms with Crippen molar-refractivity contribution < 1.29 is 4.42 Å². The first-order valence-electron chi connectivity index (χ1n) is 15.3. The van der Waals surface area contributed by atoms with Gasteiger partial charge in [0.15, 0.2) is 5.82 Å². The van der Waals surface area contributed by atoms with Crippen LogP contribution in [0, 0.1) is 0 Å². The van der Waals surface area contributed by atoms with Crippen molar-refractivity contribution in [1.29, 1.82) is 0 Å². The van der Waals surface area contributed by atoms with E-state index < -0.39 is 0 Å². The van der Waals surface area contributed by atoms with Gasteiger partial charge in [-0.3, -0.25) is 4.98 Å². The average Bonchev–Trinajstić information content (AvgIpc) is 3.52. The minimum Gasteiger partial charge on any atom is -0.455 e. The molecule has 0 saturated heterocycles. The quantitative estimate of drug-likeness (QED) is 0.209. The molecule has 3 heterocycles. The fraction of sp³-hybridized carbons (Fsp3) is 0.0488. The highest BCUT2D eigenvalue weighted by Gasteiger charge is 2.26. The predicted molar refractivity (Wildman–Crippen MR) is 183 cm³/mol. The lowest BCUT2D eigenvalue weighted by atomic mass is 9.83. The van der Waals surface area contributed by atoms with Crippen LogP contribution in [-0.2, 0) is 0 Å². The molecule has 4 heteroatoms. The van der Waals surface area contributed by atoms with Crippen LogP contribution in [-0.4, -0.2) is 15.0 Å². The van der Waals surface area contributed by atoms with Crippen molar-refractivity contribution >= 4 is 38.9 Å². The van der Waals surface area contributed by atoms with E-state index in [-0.39, 0.29) is 5.92 Å². The zero-order valence-corrected chi connectivity index (χ0v) is 24.4. The van der Waals surface area contributed by atoms with E-state index in [1.807, 2.05) is 48.5 Å². The second kappa shape index (κ2) is 10.4. The van der Waals surface area contributed by atoms with Gasteiger partial charge < -0.3 is 4.42 Å². The third-order valence-electron chi connectivity index (χ3n) is 8.83. The Morgan fingerprint density at radius 3 is 2.04 bits per heavy atom. The highest BCUT2D eigenvalue weighted by molar-refractivity contribution is 6.16. The molecule has 212 valence electrons. The standard InChI is InChI=1S/C41H27N3O/c1-3-13-27(14-4-1)35-25-36(28-15-5-2-6-16-28)44-41(43-35)29-22-23-34-33(24-29)40-38(32-19-9-10-21-37(32)45-40)39(42-34)31-20-11-17-26-12-7-8-18-30(26)31/h1-19,21-25,31H,20H2. The third-order valence-corrected chi connectivity index (χ3v) is 8.83. The molecular weight excluding hydrogens is 550 g/mol. The van der Waals surface area contributed by atoms with Crippen LogP contribution < -0.4 is 0 Å². The van der Waals surface area contributed by atoms with Crippen LogP contribution in [0.1, 0.15) is 29.2 Å². The predicted octanol–water partition coefficient (Wildman–Crippen LogP) is 10.5. The number of nitrogens with zero attached hydrogens (tertiary/aromatic N) is 3. The van der Waals surface area contributed by atoms with Crippen LogP contribution in [0.4, 0.5) is 0 Å². The van der Waals surface area contributed by atoms with E-state index in [2.05, 4.69) is 97.1 Å². The molecule has 1 atom stereocenters. The fourth-order valence-corrected chi connectivity index (χ4v) is 6.67. The fourth-order valence-electron chi connectivity index (χ4n) is 6.67. The lowest BCUT2D eigenvalue weighted by Gasteiger charge is -2.22. The molecule has 5 aromatic carbocycles. The Bertz CT molecular complexity index is 2350. The molecule has 0 spiro atoms. The van der Waals surface area contributed by atoms with Crippen molar-refractivity contribution in [1.82, 2.24) is 15.0 Å². The maximum absolute atomic E-state index is 6.66. The average molecular weight is 578 g/mol. The van der Waals surface area contributed by atoms with Gasteiger partial charge in [-0.25, -0.2) is 9.97 Å². The summed E-state index contributed by atoms with van der Waals surface area (Å²) in [6, 6.07) is 45.9. The Balaban J connectivity index is 1.28. The van der Waals surface area contributed by atoms with Crippen LogP contribution in [0.5, 0.6) is 0 Å². The summed E-state index contributed by atoms with van der Waals surface area (Å²) in [4.78, 5) is 15.5. The van der Waals surface area contributed by atoms with Crippen LogP contribution in [0.2, 0.25) is 0 Å². The highest BCUT2D eigenvalue weighted by Crippen LogP contribution is 2.43. The molecule has 0 amide bonds. The minimum atomic E-state index is 0.137. The Morgan fingerprint density at radius 1 is 0.578 bits per heavy atom. The summed E-state index contributed by atoms with van der Waals surface area (Å²) in [6.07, 6.45) is 5.37. The molecule has 4 nitrogen and oxygen atoms in total. The van der Waals surface area contributed by atoms with Gasteiger partial charge in [0.25, 0.3) is 0 Å². The highest BCUT2D eigenvalue weighted by atomic mass is 16.3. The van der Waals surface area contributed by atoms with Gasteiger partial charge in [0.1, 0.15) is 11.2 Å². The van der Waals surface area contributed by atoms with Crippen LogP contribution in [0.15, 0.2) is 144 Å². The smallest absolute Gasteiger partial charge is 0.160 e. The maximum atomic E-state index is 6.66. The summed E-state index contributed by atoms with van der Waals surface area (Å²) in [5.74, 6) is 0.801. The number of hydrogen-bond donors (Lipinski definition) is 0. The van der Waals surface area contributed by atoms with Crippen molar-refractivity contribution in [3.8, 4) is 33.9 Å². The van der Waals surface area contributed by atoms with Gasteiger partial charge in [-0.15, -0.1) is 0 Å². The molecule has 1 unspecified atom stereocenters. The number of allylic oxidation sites excluding steroid dienone is 1. The molecule has 0 aliphatic heterocycles. The Morgan fingerprint density at radius 2 is 1.27 bits per heavy atom. The van der Waals surface area contributed by atoms with Crippen LogP contribution in [0.25, 0.3) is 72.8 Å². The lowest BCUT2D eigenvalue weighted by molar-refractivity contribution is 0.671. The van der Waals surface area contributed by atoms with Crippen LogP contribution in [0.3, 0.4) is 0 Å². The first-order valence-corrected chi connectivity index (χ1v) is 15.3. The number of hydrogen-bond acceptors (Lipinski definition) is 4. The van der Waals surface area contributed by atoms with Crippen molar-refractivity contribution in [2.45, 2.75) is 12.3 Å². The molecule has 0 N–H and O–H groups in total. The molecule has 0 bridgehead atoms. The van der Waals surface area contributed by atoms with Crippen molar-refractivity contribution in [2.75, 3.05) is 0 Å². The molecule has 0 saturated carbocycles. The zero-order valence-electron chi connectivity index (χ0n) is 24.4. The molecule has 3 aromatic heterocycles. The molecule has 45 heavy (non-hydrogen) atoms. The van der Waals surface area contributed by atoms with E-state index in [0.717, 1.165) is 73.0 Å². The van der Waals surface area contributed by atoms with E-state index in [4.69, 9.17) is 19.4 Å². The summed E-state index contributed by atoms with van der Waals surface area (Å²) in [5, 5.41) is 3.12. The molecule has 1 aliphatic carbocycles. The van der Waals surface area contributed by atoms with E-state index >= 15 is 0 Å². The van der Waals surface area contributed by atoms with E-state index in [9.17, 15) is 0 Å². The van der Waals surface area contributed by atoms with E-state index in [1.54, 1.807) is 0 Å². The Hall–Kier alpha value is -5.87. The van der Waals surface area contributed by atoms with Gasteiger partial charge in [0, 0.05) is 33.4 Å². The van der Waals surface area contributed by atoms with Gasteiger partial charge in [-0.05, 0) is 47.9 Å². The molecule has 0 radical (unpaired) electrons. The Labute approximate surface area is 260 Å². The molecule has 1 aliphatic rings. The lowest BCUT2D eigenvalue weighted by Crippen LogP contribution is -2.08. The monoisotopic (exact) mass is 577 g/mol. The number of pyridine rings is 1. The molecule has 9 rings (SSSR count). The normalized spacial score (nSPS) is 14.3. The molecular formula is C41H27N3O. The minimum absolute atomic E-state index is 0.137. The number of benzene rings is 5. The van der Waals surface area contributed by atoms with Gasteiger partial charge in [-0.1, -0.05) is 115 Å². The van der Waals surface area contributed by atoms with Gasteiger partial charge in [0.05, 0.1) is 28.0 Å². The topological polar surface area (TPSA) is 51.8 Å². The van der Waals surface area contributed by atoms with Crippen molar-refractivity contribution in [3.63, 3.8) is 0 Å². The largest absolute Gasteiger partial charge is 0.455 e. The summed E-state index contributed by atoms with van der Waals surface area (Å²) in [6.45, 7) is 0. The van der Waals surface area contributed by atoms with Gasteiger partial charge in [0.2, 0.25) is 0 Å². The first-order chi connectivity index (χ1) is 22.3. The Kier molecular flexibility index (Phi) is 5.91. The maximum Gasteiger partial charge on any atom is 0.160 e. The van der Waals surface area contributed by atoms with Gasteiger partial charge in [-0.2, -0.15) is 0 Å². The van der Waals surface area contributed by atoms with Crippen molar-refractivity contribution in [2.24, 2.45) is 0 Å². The van der Waals surface area contributed by atoms with E-state index in [0.29, 0.717) is 5.82 Å². The SMILES string of the molecule is C1=Cc2ccccc2C(c2nc3ccc(-c4nc(-c5ccccc5)cc(-c5ccccc5)n4)cc3c3oc4ccccc4c23)C1. The number of fused-ring (bicyclic) bond motifs is 6. The number of furan rings is 1. The number of para-hydroxylation sites is 1. The molecule has 8 aromatic rings. The second-order valence-corrected chi connectivity index (χ2v) is 11.5. The van der Waals surface area contributed by atoms with Crippen LogP contribution >= 0.6 is 0 Å². The summed E-state index contributed by atoms with van der Waals surface area (Å²) >= 11 is 0. The summed E-state index contributed by atoms with van der Waals surface area (Å²) in [5.41, 5.74) is 11.0. The van der Waals surface area contributed by atoms with Gasteiger partial charge >= 0.3 is 0 Å². The second-order valence-electron chi connectivity index (χ2n) is 11.5. The summed E-state index contributed by atoms with van der Waals surface area (Å²) < 4.78 is 6.66. The third kappa shape index (κ3) is 4.34. The van der Waals surface area contributed by atoms with Crippen molar-refractivity contribution in [3.05, 3.63) is 156 Å². The molecule has 0 fully saturated rings. The first kappa shape index (κ1) is 25.6. The number of aromatic nitrogens is 3.